The number of hydrogen-bond acceptors (Lipinski definition) is 3. The Morgan fingerprint density at radius 1 is 1.41 bits per heavy atom. The summed E-state index contributed by atoms with van der Waals surface area (Å²) in [5.74, 6) is 0.888. The van der Waals surface area contributed by atoms with Crippen LogP contribution in [-0.2, 0) is 6.54 Å². The molecule has 0 unspecified atom stereocenters. The van der Waals surface area contributed by atoms with Crippen molar-refractivity contribution in [1.82, 2.24) is 4.98 Å². The van der Waals surface area contributed by atoms with Crippen LogP contribution in [-0.4, -0.2) is 12.0 Å². The summed E-state index contributed by atoms with van der Waals surface area (Å²) in [5.41, 5.74) is 0. The molecule has 0 bridgehead atoms. The van der Waals surface area contributed by atoms with Crippen LogP contribution in [0, 0.1) is 0 Å². The maximum Gasteiger partial charge on any atom is 0.143 e. The van der Waals surface area contributed by atoms with E-state index in [9.17, 15) is 0 Å². The molecule has 0 saturated carbocycles. The molecule has 2 aromatic heterocycles. The highest BCUT2D eigenvalue weighted by molar-refractivity contribution is 9.10. The number of aromatic nitrogens is 1. The minimum Gasteiger partial charge on any atom is -0.354 e. The summed E-state index contributed by atoms with van der Waals surface area (Å²) < 4.78 is 2.03. The first-order chi connectivity index (χ1) is 8.06. The second kappa shape index (κ2) is 5.69. The van der Waals surface area contributed by atoms with Crippen LogP contribution in [0.3, 0.4) is 0 Å². The van der Waals surface area contributed by atoms with Gasteiger partial charge in [-0.25, -0.2) is 4.98 Å². The summed E-state index contributed by atoms with van der Waals surface area (Å²) in [7, 11) is 2.01. The molecule has 0 aromatic carbocycles. The van der Waals surface area contributed by atoms with Crippen molar-refractivity contribution in [1.29, 1.82) is 0 Å². The Bertz CT molecular complexity index is 530. The summed E-state index contributed by atoms with van der Waals surface area (Å²) >= 11 is 14.5. The lowest BCUT2D eigenvalue weighted by atomic mass is 10.4. The molecule has 0 saturated heterocycles. The van der Waals surface area contributed by atoms with Crippen LogP contribution < -0.4 is 4.90 Å². The Labute approximate surface area is 126 Å². The lowest BCUT2D eigenvalue weighted by Crippen LogP contribution is -2.17. The van der Waals surface area contributed by atoms with Crippen molar-refractivity contribution in [3.05, 3.63) is 42.6 Å². The molecule has 0 aliphatic heterocycles. The Kier molecular flexibility index (Phi) is 4.47. The molecule has 0 amide bonds. The van der Waals surface area contributed by atoms with E-state index < -0.39 is 0 Å². The SMILES string of the molecule is CN(Cc1cc(Br)cs1)c1ncc(Cl)cc1Br. The van der Waals surface area contributed by atoms with E-state index in [2.05, 4.69) is 53.2 Å². The first-order valence-electron chi connectivity index (χ1n) is 4.81. The van der Waals surface area contributed by atoms with Crippen LogP contribution in [0.1, 0.15) is 4.88 Å². The van der Waals surface area contributed by atoms with Crippen LogP contribution >= 0.6 is 54.8 Å². The Balaban J connectivity index is 2.17. The van der Waals surface area contributed by atoms with Gasteiger partial charge in [0.05, 0.1) is 16.0 Å². The fourth-order valence-electron chi connectivity index (χ4n) is 1.43. The largest absolute Gasteiger partial charge is 0.354 e. The van der Waals surface area contributed by atoms with Gasteiger partial charge in [-0.15, -0.1) is 11.3 Å². The molecule has 0 N–H and O–H groups in total. The van der Waals surface area contributed by atoms with Crippen LogP contribution in [0.2, 0.25) is 5.02 Å². The molecule has 2 heterocycles. The van der Waals surface area contributed by atoms with Gasteiger partial charge in [0.2, 0.25) is 0 Å². The normalized spacial score (nSPS) is 10.6. The fourth-order valence-corrected chi connectivity index (χ4v) is 3.88. The van der Waals surface area contributed by atoms with Crippen LogP contribution in [0.15, 0.2) is 32.7 Å². The minimum atomic E-state index is 0.632. The molecule has 0 aliphatic carbocycles. The second-order valence-electron chi connectivity index (χ2n) is 3.55. The van der Waals surface area contributed by atoms with E-state index in [4.69, 9.17) is 11.6 Å². The third kappa shape index (κ3) is 3.44. The lowest BCUT2D eigenvalue weighted by Gasteiger charge is -2.18. The molecule has 17 heavy (non-hydrogen) atoms. The number of thiophene rings is 1. The average Bonchev–Trinajstić information content (AvgIpc) is 2.63. The molecule has 2 aromatic rings. The lowest BCUT2D eigenvalue weighted by molar-refractivity contribution is 0.908. The number of nitrogens with zero attached hydrogens (tertiary/aromatic N) is 2. The van der Waals surface area contributed by atoms with Crippen molar-refractivity contribution in [2.45, 2.75) is 6.54 Å². The third-order valence-corrected chi connectivity index (χ3v) is 4.64. The number of rotatable bonds is 3. The van der Waals surface area contributed by atoms with Gasteiger partial charge in [0.25, 0.3) is 0 Å². The second-order valence-corrected chi connectivity index (χ2v) is 6.75. The first-order valence-corrected chi connectivity index (χ1v) is 7.65. The van der Waals surface area contributed by atoms with Gasteiger partial charge >= 0.3 is 0 Å². The summed E-state index contributed by atoms with van der Waals surface area (Å²) in [6.45, 7) is 0.823. The monoisotopic (exact) mass is 394 g/mol. The predicted molar refractivity (Wildman–Crippen MR) is 81.1 cm³/mol. The molecule has 90 valence electrons. The number of pyridine rings is 1. The Morgan fingerprint density at radius 3 is 2.76 bits per heavy atom. The number of hydrogen-bond donors (Lipinski definition) is 0. The fraction of sp³-hybridized carbons (Fsp3) is 0.182. The molecule has 0 spiro atoms. The topological polar surface area (TPSA) is 16.1 Å². The zero-order chi connectivity index (χ0) is 12.4. The molecule has 0 fully saturated rings. The molecule has 0 atom stereocenters. The average molecular weight is 397 g/mol. The third-order valence-electron chi connectivity index (χ3n) is 2.16. The molecular formula is C11H9Br2ClN2S. The summed E-state index contributed by atoms with van der Waals surface area (Å²) in [6.07, 6.45) is 1.66. The van der Waals surface area contributed by atoms with Gasteiger partial charge in [0.1, 0.15) is 5.82 Å². The zero-order valence-corrected chi connectivity index (χ0v) is 13.7. The van der Waals surface area contributed by atoms with Crippen molar-refractivity contribution in [2.24, 2.45) is 0 Å². The molecule has 2 rings (SSSR count). The van der Waals surface area contributed by atoms with Crippen molar-refractivity contribution >= 4 is 60.6 Å². The minimum absolute atomic E-state index is 0.632. The van der Waals surface area contributed by atoms with E-state index >= 15 is 0 Å². The van der Waals surface area contributed by atoms with E-state index in [0.29, 0.717) is 5.02 Å². The van der Waals surface area contributed by atoms with Gasteiger partial charge in [0, 0.05) is 28.0 Å². The predicted octanol–water partition coefficient (Wildman–Crippen LogP) is 4.96. The van der Waals surface area contributed by atoms with Gasteiger partial charge < -0.3 is 4.90 Å². The zero-order valence-electron chi connectivity index (χ0n) is 8.95. The van der Waals surface area contributed by atoms with E-state index in [-0.39, 0.29) is 0 Å². The summed E-state index contributed by atoms with van der Waals surface area (Å²) in [5, 5.41) is 2.71. The van der Waals surface area contributed by atoms with Gasteiger partial charge in [-0.05, 0) is 44.0 Å². The maximum atomic E-state index is 5.87. The van der Waals surface area contributed by atoms with E-state index in [1.165, 1.54) is 4.88 Å². The highest BCUT2D eigenvalue weighted by atomic mass is 79.9. The van der Waals surface area contributed by atoms with Gasteiger partial charge in [-0.3, -0.25) is 0 Å². The van der Waals surface area contributed by atoms with Crippen molar-refractivity contribution in [2.75, 3.05) is 11.9 Å². The van der Waals surface area contributed by atoms with E-state index in [1.54, 1.807) is 17.5 Å². The van der Waals surface area contributed by atoms with E-state index in [0.717, 1.165) is 21.3 Å². The Morgan fingerprint density at radius 2 is 2.18 bits per heavy atom. The summed E-state index contributed by atoms with van der Waals surface area (Å²) in [6, 6.07) is 3.97. The van der Waals surface area contributed by atoms with Gasteiger partial charge in [-0.2, -0.15) is 0 Å². The van der Waals surface area contributed by atoms with Gasteiger partial charge in [0.15, 0.2) is 0 Å². The van der Waals surface area contributed by atoms with Crippen LogP contribution in [0.4, 0.5) is 5.82 Å². The molecule has 0 radical (unpaired) electrons. The summed E-state index contributed by atoms with van der Waals surface area (Å²) in [4.78, 5) is 7.68. The van der Waals surface area contributed by atoms with Crippen LogP contribution in [0.25, 0.3) is 0 Å². The quantitative estimate of drug-likeness (QED) is 0.729. The Hall–Kier alpha value is -0.100. The van der Waals surface area contributed by atoms with E-state index in [1.807, 2.05) is 13.1 Å². The van der Waals surface area contributed by atoms with Crippen molar-refractivity contribution < 1.29 is 0 Å². The molecule has 0 aliphatic rings. The maximum absolute atomic E-state index is 5.87. The van der Waals surface area contributed by atoms with Gasteiger partial charge in [-0.1, -0.05) is 11.6 Å². The molecular weight excluding hydrogens is 387 g/mol. The standard InChI is InChI=1S/C11H9Br2ClN2S/c1-16(5-9-2-7(12)6-17-9)11-10(13)3-8(14)4-15-11/h2-4,6H,5H2,1H3. The van der Waals surface area contributed by atoms with Crippen molar-refractivity contribution in [3.63, 3.8) is 0 Å². The molecule has 6 heteroatoms. The highest BCUT2D eigenvalue weighted by Gasteiger charge is 2.09. The van der Waals surface area contributed by atoms with Crippen molar-refractivity contribution in [3.8, 4) is 0 Å². The highest BCUT2D eigenvalue weighted by Crippen LogP contribution is 2.28. The first kappa shape index (κ1) is 13.3. The number of halogens is 3. The molecule has 2 nitrogen and oxygen atoms in total. The smallest absolute Gasteiger partial charge is 0.143 e. The van der Waals surface area contributed by atoms with Crippen LogP contribution in [0.5, 0.6) is 0 Å². The number of anilines is 1.